The van der Waals surface area contributed by atoms with Crippen LogP contribution >= 0.6 is 22.9 Å². The molecule has 0 atom stereocenters. The molecule has 14 heteroatoms. The number of aryl methyl sites for hydroxylation is 2. The first-order chi connectivity index (χ1) is 19.9. The lowest BCUT2D eigenvalue weighted by Gasteiger charge is -2.16. The zero-order chi connectivity index (χ0) is 32.1. The molecule has 0 unspecified atom stereocenters. The number of nitrogens with one attached hydrogen (secondary N) is 1. The van der Waals surface area contributed by atoms with Gasteiger partial charge in [-0.25, -0.2) is 4.79 Å². The monoisotopic (exact) mass is 646 g/mol. The Bertz CT molecular complexity index is 1610. The molecule has 4 rings (SSSR count). The lowest BCUT2D eigenvalue weighted by molar-refractivity contribution is -0.274. The second kappa shape index (κ2) is 13.7. The van der Waals surface area contributed by atoms with Gasteiger partial charge in [0, 0.05) is 39.8 Å². The highest BCUT2D eigenvalue weighted by molar-refractivity contribution is 7.15. The summed E-state index contributed by atoms with van der Waals surface area (Å²) in [4.78, 5) is 29.1. The average molecular weight is 647 g/mol. The SMILES string of the molecule is Cc1[nH]c(C)c(-c2ccc(-c3ccc(CN(C)Cc4ccc(OC(F)(F)F)cc4)s3)cc2)c(=O)c1Cl.O=C(O)C(F)(F)F. The predicted octanol–water partition coefficient (Wildman–Crippen LogP) is 8.20. The van der Waals surface area contributed by atoms with Gasteiger partial charge >= 0.3 is 18.5 Å². The van der Waals surface area contributed by atoms with Crippen LogP contribution in [0.2, 0.25) is 5.02 Å². The summed E-state index contributed by atoms with van der Waals surface area (Å²) in [6.07, 6.45) is -9.78. The first-order valence-electron chi connectivity index (χ1n) is 12.4. The molecule has 0 radical (unpaired) electrons. The molecule has 2 heterocycles. The van der Waals surface area contributed by atoms with E-state index in [1.807, 2.05) is 38.2 Å². The zero-order valence-electron chi connectivity index (χ0n) is 22.9. The maximum absolute atomic E-state index is 12.7. The third-order valence-electron chi connectivity index (χ3n) is 5.90. The van der Waals surface area contributed by atoms with Gasteiger partial charge in [-0.2, -0.15) is 13.2 Å². The average Bonchev–Trinajstić information content (AvgIpc) is 3.36. The quantitative estimate of drug-likeness (QED) is 0.198. The first-order valence-corrected chi connectivity index (χ1v) is 13.6. The van der Waals surface area contributed by atoms with Gasteiger partial charge in [0.1, 0.15) is 10.8 Å². The Kier molecular flexibility index (Phi) is 10.7. The van der Waals surface area contributed by atoms with Crippen molar-refractivity contribution in [2.24, 2.45) is 0 Å². The number of carboxylic acids is 1. The van der Waals surface area contributed by atoms with Gasteiger partial charge in [-0.3, -0.25) is 9.69 Å². The van der Waals surface area contributed by atoms with Crippen molar-refractivity contribution < 1.29 is 41.0 Å². The molecule has 0 fully saturated rings. The molecule has 0 bridgehead atoms. The van der Waals surface area contributed by atoms with E-state index in [1.54, 1.807) is 30.4 Å². The molecule has 2 aromatic carbocycles. The largest absolute Gasteiger partial charge is 0.573 e. The Hall–Kier alpha value is -3.81. The van der Waals surface area contributed by atoms with Crippen LogP contribution in [0.1, 0.15) is 21.8 Å². The summed E-state index contributed by atoms with van der Waals surface area (Å²) < 4.78 is 72.6. The van der Waals surface area contributed by atoms with E-state index in [4.69, 9.17) is 21.5 Å². The predicted molar refractivity (Wildman–Crippen MR) is 152 cm³/mol. The molecule has 0 amide bonds. The van der Waals surface area contributed by atoms with Crippen molar-refractivity contribution in [1.82, 2.24) is 9.88 Å². The number of halogens is 7. The van der Waals surface area contributed by atoms with E-state index in [0.29, 0.717) is 24.3 Å². The number of aromatic nitrogens is 1. The van der Waals surface area contributed by atoms with E-state index in [-0.39, 0.29) is 16.2 Å². The van der Waals surface area contributed by atoms with Crippen LogP contribution in [0, 0.1) is 13.8 Å². The van der Waals surface area contributed by atoms with Crippen LogP contribution < -0.4 is 10.2 Å². The molecule has 0 aliphatic heterocycles. The Morgan fingerprint density at radius 2 is 1.47 bits per heavy atom. The van der Waals surface area contributed by atoms with Gasteiger partial charge < -0.3 is 14.8 Å². The smallest absolute Gasteiger partial charge is 0.475 e. The van der Waals surface area contributed by atoms with Crippen LogP contribution in [0.3, 0.4) is 0 Å². The van der Waals surface area contributed by atoms with Gasteiger partial charge in [-0.1, -0.05) is 48.0 Å². The van der Waals surface area contributed by atoms with Crippen molar-refractivity contribution in [3.05, 3.63) is 97.7 Å². The van der Waals surface area contributed by atoms with Gasteiger partial charge in [0.2, 0.25) is 5.43 Å². The number of carboxylic acid groups (broad SMARTS) is 1. The van der Waals surface area contributed by atoms with E-state index in [0.717, 1.165) is 32.1 Å². The van der Waals surface area contributed by atoms with Crippen LogP contribution in [0.15, 0.2) is 65.5 Å². The van der Waals surface area contributed by atoms with Gasteiger partial charge in [-0.05, 0) is 61.9 Å². The lowest BCUT2D eigenvalue weighted by atomic mass is 10.0. The Balaban J connectivity index is 0.000000646. The van der Waals surface area contributed by atoms with Crippen molar-refractivity contribution in [3.8, 4) is 27.3 Å². The van der Waals surface area contributed by atoms with E-state index in [2.05, 4.69) is 26.8 Å². The third kappa shape index (κ3) is 9.60. The van der Waals surface area contributed by atoms with Crippen molar-refractivity contribution in [1.29, 1.82) is 0 Å². The summed E-state index contributed by atoms with van der Waals surface area (Å²) in [5.41, 5.74) is 4.57. The number of ether oxygens (including phenoxy) is 1. The number of pyridine rings is 1. The fourth-order valence-electron chi connectivity index (χ4n) is 4.05. The minimum absolute atomic E-state index is 0.179. The molecule has 43 heavy (non-hydrogen) atoms. The Labute approximate surface area is 251 Å². The van der Waals surface area contributed by atoms with Crippen molar-refractivity contribution in [2.45, 2.75) is 39.5 Å². The molecule has 0 saturated carbocycles. The highest BCUT2D eigenvalue weighted by atomic mass is 35.5. The van der Waals surface area contributed by atoms with Crippen molar-refractivity contribution in [2.75, 3.05) is 7.05 Å². The Morgan fingerprint density at radius 3 is 2.00 bits per heavy atom. The number of rotatable bonds is 7. The normalized spacial score (nSPS) is 11.7. The second-order valence-corrected chi connectivity index (χ2v) is 10.9. The maximum Gasteiger partial charge on any atom is 0.573 e. The highest BCUT2D eigenvalue weighted by Gasteiger charge is 2.38. The topological polar surface area (TPSA) is 82.6 Å². The van der Waals surface area contributed by atoms with Crippen LogP contribution in [-0.2, 0) is 17.9 Å². The van der Waals surface area contributed by atoms with Crippen LogP contribution in [0.25, 0.3) is 21.6 Å². The van der Waals surface area contributed by atoms with Gasteiger partial charge in [0.25, 0.3) is 0 Å². The number of hydrogen-bond acceptors (Lipinski definition) is 5. The Morgan fingerprint density at radius 1 is 0.907 bits per heavy atom. The van der Waals surface area contributed by atoms with Gasteiger partial charge in [0.15, 0.2) is 0 Å². The molecule has 0 spiro atoms. The fraction of sp³-hybridized carbons (Fsp3) is 0.241. The number of aromatic amines is 1. The summed E-state index contributed by atoms with van der Waals surface area (Å²) in [5.74, 6) is -2.99. The van der Waals surface area contributed by atoms with Crippen LogP contribution in [-0.4, -0.2) is 40.5 Å². The minimum atomic E-state index is -5.08. The molecule has 0 saturated heterocycles. The number of nitrogens with zero attached hydrogens (tertiary/aromatic N) is 1. The molecule has 4 aromatic rings. The lowest BCUT2D eigenvalue weighted by Crippen LogP contribution is -2.21. The van der Waals surface area contributed by atoms with E-state index >= 15 is 0 Å². The minimum Gasteiger partial charge on any atom is -0.475 e. The van der Waals surface area contributed by atoms with Crippen LogP contribution in [0.5, 0.6) is 5.75 Å². The number of benzene rings is 2. The third-order valence-corrected chi connectivity index (χ3v) is 7.48. The summed E-state index contributed by atoms with van der Waals surface area (Å²) in [6, 6.07) is 17.9. The molecule has 0 aliphatic carbocycles. The highest BCUT2D eigenvalue weighted by Crippen LogP contribution is 2.31. The second-order valence-electron chi connectivity index (χ2n) is 9.40. The molecule has 230 valence electrons. The van der Waals surface area contributed by atoms with Gasteiger partial charge in [0.05, 0.1) is 0 Å². The number of hydrogen-bond donors (Lipinski definition) is 2. The fourth-order valence-corrected chi connectivity index (χ4v) is 5.28. The molecule has 2 N–H and O–H groups in total. The molecule has 2 aromatic heterocycles. The number of H-pyrrole nitrogens is 1. The number of thiophene rings is 1. The van der Waals surface area contributed by atoms with Crippen LogP contribution in [0.4, 0.5) is 26.3 Å². The molecule has 6 nitrogen and oxygen atoms in total. The molecular weight excluding hydrogens is 622 g/mol. The molecule has 0 aliphatic rings. The summed E-state index contributed by atoms with van der Waals surface area (Å²) in [7, 11) is 1.96. The van der Waals surface area contributed by atoms with E-state index < -0.39 is 18.5 Å². The van der Waals surface area contributed by atoms with E-state index in [1.165, 1.54) is 12.1 Å². The van der Waals surface area contributed by atoms with Crippen molar-refractivity contribution >= 4 is 28.9 Å². The zero-order valence-corrected chi connectivity index (χ0v) is 24.4. The summed E-state index contributed by atoms with van der Waals surface area (Å²) in [5, 5.41) is 7.33. The van der Waals surface area contributed by atoms with Gasteiger partial charge in [-0.15, -0.1) is 24.5 Å². The standard InChI is InChI=1S/C27H24ClF3N2O2S.C2HF3O2/c1-16-24(26(34)25(28)17(2)32-16)20-8-6-19(7-9-20)23-13-12-22(36-23)15-33(3)14-18-4-10-21(11-5-18)35-27(29,30)31;3-2(4,5)1(6)7/h4-13H,14-15H2,1-3H3,(H,32,34);(H,6,7). The number of carbonyl (C=O) groups is 1. The number of alkyl halides is 6. The summed E-state index contributed by atoms with van der Waals surface area (Å²) >= 11 is 7.83. The number of aliphatic carboxylic acids is 1. The van der Waals surface area contributed by atoms with Crippen molar-refractivity contribution in [3.63, 3.8) is 0 Å². The maximum atomic E-state index is 12.7. The summed E-state index contributed by atoms with van der Waals surface area (Å²) in [6.45, 7) is 4.92. The molecular formula is C29H25ClF6N2O4S. The first kappa shape index (κ1) is 33.7. The van der Waals surface area contributed by atoms with E-state index in [9.17, 15) is 31.1 Å².